The van der Waals surface area contributed by atoms with Gasteiger partial charge in [-0.1, -0.05) is 17.7 Å². The number of hydrogen-bond acceptors (Lipinski definition) is 6. The molecule has 1 aliphatic heterocycles. The minimum absolute atomic E-state index is 0.138. The first-order valence-electron chi connectivity index (χ1n) is 8.75. The third-order valence-corrected chi connectivity index (χ3v) is 8.71. The van der Waals surface area contributed by atoms with Gasteiger partial charge < -0.3 is 5.32 Å². The Morgan fingerprint density at radius 2 is 2.17 bits per heavy atom. The van der Waals surface area contributed by atoms with Crippen molar-refractivity contribution < 1.29 is 17.6 Å². The molecule has 0 saturated carbocycles. The highest BCUT2D eigenvalue weighted by Crippen LogP contribution is 2.36. The van der Waals surface area contributed by atoms with Gasteiger partial charge in [-0.05, 0) is 36.1 Å². The van der Waals surface area contributed by atoms with E-state index in [-0.39, 0.29) is 17.1 Å². The molecular formula is C18H16ClFN4O3S3. The molecule has 30 heavy (non-hydrogen) atoms. The van der Waals surface area contributed by atoms with Crippen LogP contribution < -0.4 is 10.0 Å². The summed E-state index contributed by atoms with van der Waals surface area (Å²) in [6.07, 6.45) is 1.89. The molecule has 0 radical (unpaired) electrons. The average molecular weight is 487 g/mol. The van der Waals surface area contributed by atoms with E-state index in [4.69, 9.17) is 11.6 Å². The summed E-state index contributed by atoms with van der Waals surface area (Å²) in [5.41, 5.74) is 0.279. The standard InChI is InChI=1S/C18H16ClFN4O3S3/c1-24-14(17(25)22-10-4-5-12(20)11(19)7-10)8-13(23-30(24,26)27)18-21-9-16(29-18)15-3-2-6-28-15/h2-7,9,13-14,23H,8H2,1H3,(H,22,25). The number of likely N-dealkylation sites (N-methyl/N-ethyl adjacent to an activating group) is 1. The Balaban J connectivity index is 1.57. The first-order valence-corrected chi connectivity index (χ1v) is 12.3. The molecule has 0 spiro atoms. The number of amides is 1. The van der Waals surface area contributed by atoms with Crippen molar-refractivity contribution in [1.29, 1.82) is 0 Å². The van der Waals surface area contributed by atoms with E-state index in [1.54, 1.807) is 17.5 Å². The fourth-order valence-electron chi connectivity index (χ4n) is 3.05. The number of nitrogens with one attached hydrogen (secondary N) is 2. The molecule has 2 unspecified atom stereocenters. The number of anilines is 1. The summed E-state index contributed by atoms with van der Waals surface area (Å²) in [4.78, 5) is 19.2. The highest BCUT2D eigenvalue weighted by molar-refractivity contribution is 7.87. The number of benzene rings is 1. The topological polar surface area (TPSA) is 91.4 Å². The number of rotatable bonds is 4. The quantitative estimate of drug-likeness (QED) is 0.585. The van der Waals surface area contributed by atoms with Crippen LogP contribution in [0.2, 0.25) is 5.02 Å². The van der Waals surface area contributed by atoms with Gasteiger partial charge in [0.2, 0.25) is 5.91 Å². The van der Waals surface area contributed by atoms with Gasteiger partial charge in [-0.2, -0.15) is 17.4 Å². The number of thiazole rings is 1. The van der Waals surface area contributed by atoms with Crippen LogP contribution in [-0.4, -0.2) is 36.7 Å². The Hall–Kier alpha value is -1.89. The van der Waals surface area contributed by atoms with Gasteiger partial charge in [0, 0.05) is 23.8 Å². The molecule has 0 bridgehead atoms. The SMILES string of the molecule is CN1C(C(=O)Nc2ccc(F)c(Cl)c2)CC(c2ncc(-c3cccs3)s2)NS1(=O)=O. The van der Waals surface area contributed by atoms with E-state index in [2.05, 4.69) is 15.0 Å². The maximum Gasteiger partial charge on any atom is 0.280 e. The minimum Gasteiger partial charge on any atom is -0.325 e. The first-order chi connectivity index (χ1) is 14.2. The lowest BCUT2D eigenvalue weighted by Crippen LogP contribution is -2.55. The summed E-state index contributed by atoms with van der Waals surface area (Å²) in [6, 6.07) is 6.04. The number of nitrogens with zero attached hydrogens (tertiary/aromatic N) is 2. The molecule has 1 aromatic carbocycles. The first kappa shape index (κ1) is 21.3. The van der Waals surface area contributed by atoms with Crippen LogP contribution in [0.3, 0.4) is 0 Å². The molecule has 12 heteroatoms. The molecule has 4 rings (SSSR count). The monoisotopic (exact) mass is 486 g/mol. The molecule has 2 atom stereocenters. The van der Waals surface area contributed by atoms with Gasteiger partial charge in [-0.15, -0.1) is 22.7 Å². The number of carbonyl (C=O) groups excluding carboxylic acids is 1. The summed E-state index contributed by atoms with van der Waals surface area (Å²) >= 11 is 8.71. The van der Waals surface area contributed by atoms with Gasteiger partial charge >= 0.3 is 0 Å². The van der Waals surface area contributed by atoms with E-state index >= 15 is 0 Å². The van der Waals surface area contributed by atoms with Crippen LogP contribution in [0.5, 0.6) is 0 Å². The van der Waals surface area contributed by atoms with E-state index in [0.29, 0.717) is 5.01 Å². The Labute approximate surface area is 185 Å². The summed E-state index contributed by atoms with van der Waals surface area (Å²) in [7, 11) is -2.57. The van der Waals surface area contributed by atoms with E-state index in [9.17, 15) is 17.6 Å². The molecule has 7 nitrogen and oxygen atoms in total. The smallest absolute Gasteiger partial charge is 0.280 e. The van der Waals surface area contributed by atoms with Crippen LogP contribution in [0.4, 0.5) is 10.1 Å². The van der Waals surface area contributed by atoms with Crippen molar-refractivity contribution >= 4 is 56.1 Å². The number of halogens is 2. The molecule has 0 aliphatic carbocycles. The zero-order valence-electron chi connectivity index (χ0n) is 15.5. The normalized spacial score (nSPS) is 21.4. The van der Waals surface area contributed by atoms with Gasteiger partial charge in [-0.25, -0.2) is 9.37 Å². The number of hydrogen-bond donors (Lipinski definition) is 2. The van der Waals surface area contributed by atoms with Gasteiger partial charge in [-0.3, -0.25) is 4.79 Å². The lowest BCUT2D eigenvalue weighted by atomic mass is 10.1. The van der Waals surface area contributed by atoms with E-state index in [1.165, 1.54) is 30.5 Å². The molecule has 158 valence electrons. The van der Waals surface area contributed by atoms with Crippen LogP contribution in [-0.2, 0) is 15.0 Å². The van der Waals surface area contributed by atoms with Crippen LogP contribution in [0.25, 0.3) is 9.75 Å². The molecule has 1 saturated heterocycles. The summed E-state index contributed by atoms with van der Waals surface area (Å²) < 4.78 is 42.1. The van der Waals surface area contributed by atoms with Crippen LogP contribution in [0, 0.1) is 5.82 Å². The third-order valence-electron chi connectivity index (χ3n) is 4.64. The van der Waals surface area contributed by atoms with Crippen molar-refractivity contribution in [2.24, 2.45) is 0 Å². The van der Waals surface area contributed by atoms with Crippen LogP contribution in [0.1, 0.15) is 17.5 Å². The molecule has 3 heterocycles. The summed E-state index contributed by atoms with van der Waals surface area (Å²) in [6.45, 7) is 0. The number of thiophene rings is 1. The van der Waals surface area contributed by atoms with Crippen molar-refractivity contribution in [3.05, 3.63) is 57.8 Å². The predicted octanol–water partition coefficient (Wildman–Crippen LogP) is 3.88. The maximum atomic E-state index is 13.4. The molecular weight excluding hydrogens is 471 g/mol. The lowest BCUT2D eigenvalue weighted by molar-refractivity contribution is -0.120. The Bertz CT molecular complexity index is 1180. The lowest BCUT2D eigenvalue weighted by Gasteiger charge is -2.35. The molecule has 1 fully saturated rings. The predicted molar refractivity (Wildman–Crippen MR) is 116 cm³/mol. The number of aromatic nitrogens is 1. The van der Waals surface area contributed by atoms with Gasteiger partial charge in [0.25, 0.3) is 10.2 Å². The molecule has 2 aromatic heterocycles. The van der Waals surface area contributed by atoms with E-state index in [1.807, 2.05) is 17.5 Å². The van der Waals surface area contributed by atoms with Gasteiger partial charge in [0.05, 0.1) is 15.9 Å². The van der Waals surface area contributed by atoms with E-state index < -0.39 is 34.0 Å². The van der Waals surface area contributed by atoms with Crippen molar-refractivity contribution in [2.45, 2.75) is 18.5 Å². The molecule has 1 amide bonds. The summed E-state index contributed by atoms with van der Waals surface area (Å²) in [5, 5.41) is 5.00. The fourth-order valence-corrected chi connectivity index (χ4v) is 6.36. The van der Waals surface area contributed by atoms with Crippen molar-refractivity contribution in [3.63, 3.8) is 0 Å². The Morgan fingerprint density at radius 1 is 1.37 bits per heavy atom. The van der Waals surface area contributed by atoms with Crippen LogP contribution >= 0.6 is 34.3 Å². The van der Waals surface area contributed by atoms with Crippen molar-refractivity contribution in [2.75, 3.05) is 12.4 Å². The maximum absolute atomic E-state index is 13.4. The van der Waals surface area contributed by atoms with Crippen LogP contribution in [0.15, 0.2) is 41.9 Å². The molecule has 2 N–H and O–H groups in total. The zero-order valence-corrected chi connectivity index (χ0v) is 18.7. The summed E-state index contributed by atoms with van der Waals surface area (Å²) in [5.74, 6) is -1.15. The van der Waals surface area contributed by atoms with Crippen molar-refractivity contribution in [3.8, 4) is 9.75 Å². The fraction of sp³-hybridized carbons (Fsp3) is 0.222. The highest BCUT2D eigenvalue weighted by Gasteiger charge is 2.41. The second kappa shape index (κ2) is 8.33. The zero-order chi connectivity index (χ0) is 21.5. The molecule has 1 aliphatic rings. The Morgan fingerprint density at radius 3 is 2.87 bits per heavy atom. The number of carbonyl (C=O) groups is 1. The second-order valence-corrected chi connectivity index (χ2v) is 10.8. The van der Waals surface area contributed by atoms with E-state index in [0.717, 1.165) is 20.1 Å². The largest absolute Gasteiger partial charge is 0.325 e. The second-order valence-electron chi connectivity index (χ2n) is 6.60. The molecule has 3 aromatic rings. The Kier molecular flexibility index (Phi) is 5.93. The van der Waals surface area contributed by atoms with Gasteiger partial charge in [0.1, 0.15) is 16.9 Å². The minimum atomic E-state index is -3.90. The van der Waals surface area contributed by atoms with Crippen molar-refractivity contribution in [1.82, 2.24) is 14.0 Å². The highest BCUT2D eigenvalue weighted by atomic mass is 35.5. The van der Waals surface area contributed by atoms with Gasteiger partial charge in [0.15, 0.2) is 0 Å². The average Bonchev–Trinajstić information content (AvgIpc) is 3.38. The third kappa shape index (κ3) is 4.27.